The maximum absolute atomic E-state index is 14.2. The van der Waals surface area contributed by atoms with E-state index in [1.54, 1.807) is 91.0 Å². The second-order valence-electron chi connectivity index (χ2n) is 23.4. The normalized spacial score (nSPS) is 19.7. The summed E-state index contributed by atoms with van der Waals surface area (Å²) in [7, 11) is 0. The maximum atomic E-state index is 14.2. The number of esters is 2. The highest BCUT2D eigenvalue weighted by Gasteiger charge is 2.49. The monoisotopic (exact) mass is 1250 g/mol. The van der Waals surface area contributed by atoms with Gasteiger partial charge in [0.2, 0.25) is 28.8 Å². The van der Waals surface area contributed by atoms with Crippen LogP contribution >= 0.6 is 0 Å². The van der Waals surface area contributed by atoms with Crippen molar-refractivity contribution in [3.8, 4) is 11.5 Å². The number of Topliss-reactive ketones (excluding diaryl/α,β-unsaturated/α-hetero) is 4. The first-order chi connectivity index (χ1) is 45.6. The molecule has 18 heteroatoms. The fourth-order valence-corrected chi connectivity index (χ4v) is 14.9. The van der Waals surface area contributed by atoms with Gasteiger partial charge in [-0.3, -0.25) is 24.0 Å². The number of aryl methyl sites for hydroxylation is 2. The van der Waals surface area contributed by atoms with E-state index < -0.39 is 58.6 Å². The summed E-state index contributed by atoms with van der Waals surface area (Å²) in [5.74, 6) is -6.29. The Morgan fingerprint density at radius 1 is 0.585 bits per heavy atom. The average molecular weight is 1250 g/mol. The largest absolute Gasteiger partial charge is 0.506 e. The van der Waals surface area contributed by atoms with E-state index in [0.29, 0.717) is 92.5 Å². The second kappa shape index (κ2) is 22.1. The minimum Gasteiger partial charge on any atom is -0.506 e. The van der Waals surface area contributed by atoms with Crippen molar-refractivity contribution in [1.82, 2.24) is 9.13 Å². The van der Waals surface area contributed by atoms with Gasteiger partial charge in [-0.05, 0) is 140 Å². The Hall–Kier alpha value is -12.1. The first kappa shape index (κ1) is 58.3. The lowest BCUT2D eigenvalue weighted by molar-refractivity contribution is -0.547. The number of aromatic carboxylic acids is 1. The zero-order valence-electron chi connectivity index (χ0n) is 50.9. The van der Waals surface area contributed by atoms with Gasteiger partial charge in [-0.1, -0.05) is 72.8 Å². The van der Waals surface area contributed by atoms with Gasteiger partial charge in [0.25, 0.3) is 6.47 Å². The number of hydrogen-bond donors (Lipinski definition) is 3. The third kappa shape index (κ3) is 8.58. The Bertz CT molecular complexity index is 5500. The van der Waals surface area contributed by atoms with Crippen molar-refractivity contribution in [2.75, 3.05) is 18.0 Å². The topological polar surface area (TPSA) is 241 Å². The number of ether oxygens (including phenoxy) is 3. The summed E-state index contributed by atoms with van der Waals surface area (Å²) in [4.78, 5) is 110. The van der Waals surface area contributed by atoms with Gasteiger partial charge in [-0.2, -0.15) is 0 Å². The summed E-state index contributed by atoms with van der Waals surface area (Å²) >= 11 is 0. The van der Waals surface area contributed by atoms with Crippen molar-refractivity contribution >= 4 is 125 Å². The number of hydrogen-bond acceptors (Lipinski definition) is 14. The van der Waals surface area contributed by atoms with Crippen LogP contribution in [0.2, 0.25) is 0 Å². The third-order valence-electron chi connectivity index (χ3n) is 19.0. The molecule has 0 saturated heterocycles. The van der Waals surface area contributed by atoms with Crippen molar-refractivity contribution in [3.05, 3.63) is 241 Å². The SMILES string of the molecule is CCN1c2ccc(C(=O)O)c3cccc(c23)C1/C=C1/C(=O)C(=O)C(/C=c2\c3cccc4c(C(=O)Oc5ccc(OC(=O)c6ccc7c8c6cccc8/c(=C\C6=C(O)C(=C\C8=[N+](CC)C9C=CC(OC=O)=C%10C=CC=C8C%109)/C(=O)C6=O)n7CC)cc5)ccc(c43)n2CC)=C1O. The van der Waals surface area contributed by atoms with Crippen LogP contribution < -0.4 is 25.1 Å². The molecule has 3 unspecified atom stereocenters. The molecule has 0 fully saturated rings. The van der Waals surface area contributed by atoms with Crippen LogP contribution in [0.3, 0.4) is 0 Å². The number of ketones is 4. The second-order valence-corrected chi connectivity index (χ2v) is 23.4. The molecule has 18 nitrogen and oxygen atoms in total. The minimum atomic E-state index is -1.07. The molecule has 0 spiro atoms. The number of carboxylic acid groups (broad SMARTS) is 1. The molecule has 4 aliphatic carbocycles. The summed E-state index contributed by atoms with van der Waals surface area (Å²) in [5.41, 5.74) is 5.25. The highest BCUT2D eigenvalue weighted by atomic mass is 16.5. The molecule has 0 bridgehead atoms. The van der Waals surface area contributed by atoms with Crippen LogP contribution in [-0.4, -0.2) is 101 Å². The van der Waals surface area contributed by atoms with Crippen molar-refractivity contribution in [3.63, 3.8) is 0 Å². The Labute approximate surface area is 534 Å². The molecule has 9 aromatic rings. The Morgan fingerprint density at radius 3 is 1.66 bits per heavy atom. The Balaban J connectivity index is 0.688. The number of aromatic nitrogens is 2. The van der Waals surface area contributed by atoms with Crippen molar-refractivity contribution in [1.29, 1.82) is 0 Å². The van der Waals surface area contributed by atoms with Crippen molar-refractivity contribution < 1.29 is 72.5 Å². The smallest absolute Gasteiger partial charge is 0.344 e. The first-order valence-electron chi connectivity index (χ1n) is 30.8. The number of benzene rings is 7. The number of nitrogens with zero attached hydrogens (tertiary/aromatic N) is 4. The van der Waals surface area contributed by atoms with Crippen molar-refractivity contribution in [2.24, 2.45) is 5.92 Å². The number of aliphatic hydroxyl groups excluding tert-OH is 2. The predicted octanol–water partition coefficient (Wildman–Crippen LogP) is 10.6. The van der Waals surface area contributed by atoms with Gasteiger partial charge < -0.3 is 43.6 Å². The molecular weight excluding hydrogens is 1190 g/mol. The van der Waals surface area contributed by atoms with Crippen molar-refractivity contribution in [2.45, 2.75) is 52.9 Å². The summed E-state index contributed by atoms with van der Waals surface area (Å²) < 4.78 is 23.1. The van der Waals surface area contributed by atoms with Crippen LogP contribution in [0.25, 0.3) is 66.3 Å². The number of carboxylic acids is 1. The predicted molar refractivity (Wildman–Crippen MR) is 352 cm³/mol. The molecule has 7 aromatic carbocycles. The lowest BCUT2D eigenvalue weighted by Crippen LogP contribution is -2.30. The molecule has 4 heterocycles. The van der Waals surface area contributed by atoms with E-state index >= 15 is 0 Å². The van der Waals surface area contributed by atoms with E-state index in [4.69, 9.17) is 14.2 Å². The fraction of sp³-hybridized carbons (Fsp3) is 0.145. The summed E-state index contributed by atoms with van der Waals surface area (Å²) in [6.07, 6.45) is 15.5. The van der Waals surface area contributed by atoms with E-state index in [-0.39, 0.29) is 62.4 Å². The molecule has 462 valence electrons. The van der Waals surface area contributed by atoms with Gasteiger partial charge in [-0.15, -0.1) is 0 Å². The molecule has 15 rings (SSSR count). The number of rotatable bonds is 15. The molecule has 2 aromatic heterocycles. The fourth-order valence-electron chi connectivity index (χ4n) is 14.9. The van der Waals surface area contributed by atoms with Crippen LogP contribution in [-0.2, 0) is 41.8 Å². The lowest BCUT2D eigenvalue weighted by Gasteiger charge is -2.25. The van der Waals surface area contributed by atoms with E-state index in [1.165, 1.54) is 36.4 Å². The van der Waals surface area contributed by atoms with Gasteiger partial charge in [0.1, 0.15) is 35.3 Å². The number of likely N-dealkylation sites (N-methyl/N-ethyl adjacent to an activating group) is 2. The number of carbonyl (C=O) groups is 8. The third-order valence-corrected chi connectivity index (χ3v) is 19.0. The van der Waals surface area contributed by atoms with E-state index in [0.717, 1.165) is 38.8 Å². The van der Waals surface area contributed by atoms with Crippen LogP contribution in [0, 0.1) is 5.92 Å². The molecule has 0 amide bonds. The van der Waals surface area contributed by atoms with Gasteiger partial charge in [0.05, 0.1) is 50.9 Å². The molecular formula is C76H55N4O14+. The molecule has 94 heavy (non-hydrogen) atoms. The van der Waals surface area contributed by atoms with Crippen LogP contribution in [0.5, 0.6) is 11.5 Å². The molecule has 0 saturated carbocycles. The molecule has 3 N–H and O–H groups in total. The number of aliphatic hydroxyl groups is 2. The van der Waals surface area contributed by atoms with E-state index in [1.807, 2.05) is 84.2 Å². The zero-order valence-corrected chi connectivity index (χ0v) is 50.9. The molecule has 0 radical (unpaired) electrons. The Kier molecular flexibility index (Phi) is 13.7. The molecule has 2 aliphatic heterocycles. The highest BCUT2D eigenvalue weighted by Crippen LogP contribution is 2.48. The minimum absolute atomic E-state index is 0.137. The van der Waals surface area contributed by atoms with E-state index in [2.05, 4.69) is 4.58 Å². The van der Waals surface area contributed by atoms with Gasteiger partial charge >= 0.3 is 17.9 Å². The summed E-state index contributed by atoms with van der Waals surface area (Å²) in [6.45, 7) is 9.99. The average Bonchev–Trinajstić information content (AvgIpc) is 1.59. The standard InChI is InChI=1S/C76H54N4O14/c1-5-77-55-28-25-43(74(88)89)40-13-9-16-46(64(40)55)59(77)33-51-68(82)52(71(85)70(51)84)34-60-47-17-10-14-41-44(26-29-56(65(41)47)78(60)6-2)75(90)93-38-21-23-39(24-22-38)94-76(91)45-27-30-57-66-42(45)15-11-18-48(66)61(79(57)7-3)35-53-69(83)54(73(87)72(53)86)36-62-49-19-12-20-50-63(92-37-81)32-31-58(67(49)50)80(62)8-4/h9-37,58-59,67H,5-8H2,1-4H3,(H2-,82,83,85,86,87,88,89,90,91)/p+1/b51-33+. The Morgan fingerprint density at radius 2 is 1.12 bits per heavy atom. The molecule has 6 aliphatic rings. The highest BCUT2D eigenvalue weighted by molar-refractivity contribution is 6.56. The van der Waals surface area contributed by atoms with Gasteiger partial charge in [0, 0.05) is 91.2 Å². The van der Waals surface area contributed by atoms with Gasteiger partial charge in [-0.25, -0.2) is 19.0 Å². The molecule has 3 atom stereocenters. The summed E-state index contributed by atoms with van der Waals surface area (Å²) in [6, 6.07) is 31.6. The number of anilines is 1. The maximum Gasteiger partial charge on any atom is 0.344 e. The zero-order chi connectivity index (χ0) is 65.3. The number of allylic oxidation sites excluding steroid dienone is 9. The lowest BCUT2D eigenvalue weighted by atomic mass is 9.79. The van der Waals surface area contributed by atoms with Crippen LogP contribution in [0.4, 0.5) is 5.69 Å². The van der Waals surface area contributed by atoms with Crippen LogP contribution in [0.1, 0.15) is 70.4 Å². The van der Waals surface area contributed by atoms with Crippen LogP contribution in [0.15, 0.2) is 209 Å². The van der Waals surface area contributed by atoms with Gasteiger partial charge in [0.15, 0.2) is 6.04 Å². The summed E-state index contributed by atoms with van der Waals surface area (Å²) in [5, 5.41) is 39.8. The number of carbonyl (C=O) groups excluding carboxylic acids is 7. The quantitative estimate of drug-likeness (QED) is 0.0216. The van der Waals surface area contributed by atoms with E-state index in [9.17, 15) is 53.7 Å². The first-order valence-corrected chi connectivity index (χ1v) is 30.8.